The average Bonchev–Trinajstić information content (AvgIpc) is 2.30. The molecule has 0 saturated heterocycles. The van der Waals surface area contributed by atoms with Gasteiger partial charge in [-0.1, -0.05) is 15.9 Å². The summed E-state index contributed by atoms with van der Waals surface area (Å²) in [5.74, 6) is -1.68. The smallest absolute Gasteiger partial charge is 0.334 e. The lowest BCUT2D eigenvalue weighted by Gasteiger charge is -2.14. The van der Waals surface area contributed by atoms with E-state index in [1.54, 1.807) is 18.2 Å². The molecule has 1 rings (SSSR count). The van der Waals surface area contributed by atoms with Gasteiger partial charge in [-0.15, -0.1) is 0 Å². The molecule has 0 aliphatic heterocycles. The van der Waals surface area contributed by atoms with Crippen LogP contribution in [0.1, 0.15) is 10.4 Å². The Morgan fingerprint density at radius 3 is 2.72 bits per heavy atom. The van der Waals surface area contributed by atoms with Gasteiger partial charge in [-0.3, -0.25) is 4.79 Å². The molecule has 1 aromatic carbocycles. The number of benzene rings is 1. The van der Waals surface area contributed by atoms with Crippen LogP contribution in [0, 0.1) is 0 Å². The third kappa shape index (κ3) is 3.71. The number of rotatable bonds is 6. The first-order valence-electron chi connectivity index (χ1n) is 5.04. The van der Waals surface area contributed by atoms with E-state index in [-0.39, 0.29) is 12.1 Å². The largest absolute Gasteiger partial charge is 0.479 e. The predicted molar refractivity (Wildman–Crippen MR) is 69.6 cm³/mol. The summed E-state index contributed by atoms with van der Waals surface area (Å²) in [5, 5.41) is 11.6. The first kappa shape index (κ1) is 14.5. The van der Waals surface area contributed by atoms with Crippen LogP contribution in [0.4, 0.5) is 5.69 Å². The number of methoxy groups -OCH3 is 1. The van der Waals surface area contributed by atoms with Crippen LogP contribution in [0.2, 0.25) is 0 Å². The van der Waals surface area contributed by atoms with Crippen molar-refractivity contribution in [1.29, 1.82) is 0 Å². The number of hydrogen-bond acceptors (Lipinski definition) is 4. The van der Waals surface area contributed by atoms with Gasteiger partial charge in [0.1, 0.15) is 0 Å². The fourth-order valence-corrected chi connectivity index (χ4v) is 1.71. The fourth-order valence-electron chi connectivity index (χ4n) is 1.35. The fraction of sp³-hybridized carbons (Fsp3) is 0.273. The van der Waals surface area contributed by atoms with E-state index in [9.17, 15) is 9.59 Å². The number of carboxylic acid groups (broad SMARTS) is 1. The molecule has 4 N–H and O–H groups in total. The number of nitrogens with two attached hydrogens (primary N) is 1. The maximum absolute atomic E-state index is 11.2. The monoisotopic (exact) mass is 316 g/mol. The van der Waals surface area contributed by atoms with E-state index >= 15 is 0 Å². The zero-order chi connectivity index (χ0) is 13.7. The van der Waals surface area contributed by atoms with E-state index in [1.165, 1.54) is 7.11 Å². The highest BCUT2D eigenvalue weighted by molar-refractivity contribution is 9.10. The highest BCUT2D eigenvalue weighted by Gasteiger charge is 2.17. The summed E-state index contributed by atoms with van der Waals surface area (Å²) in [6.45, 7) is 0.0355. The molecule has 0 radical (unpaired) electrons. The van der Waals surface area contributed by atoms with E-state index in [2.05, 4.69) is 21.2 Å². The lowest BCUT2D eigenvalue weighted by Crippen LogP contribution is -2.31. The van der Waals surface area contributed by atoms with Gasteiger partial charge in [0, 0.05) is 17.3 Å². The number of aliphatic carboxylic acids is 1. The maximum Gasteiger partial charge on any atom is 0.334 e. The van der Waals surface area contributed by atoms with Crippen molar-refractivity contribution in [3.8, 4) is 0 Å². The second-order valence-electron chi connectivity index (χ2n) is 3.50. The molecule has 0 saturated carbocycles. The Morgan fingerprint density at radius 2 is 2.22 bits per heavy atom. The van der Waals surface area contributed by atoms with Crippen molar-refractivity contribution in [2.75, 3.05) is 19.0 Å². The minimum atomic E-state index is -1.08. The molecule has 0 spiro atoms. The molecular weight excluding hydrogens is 304 g/mol. The van der Waals surface area contributed by atoms with Gasteiger partial charge < -0.3 is 20.9 Å². The Balaban J connectivity index is 2.84. The number of primary amides is 1. The van der Waals surface area contributed by atoms with Crippen LogP contribution >= 0.6 is 15.9 Å². The Labute approximate surface area is 112 Å². The maximum atomic E-state index is 11.2. The molecule has 1 aromatic rings. The van der Waals surface area contributed by atoms with E-state index in [1.807, 2.05) is 0 Å². The molecule has 18 heavy (non-hydrogen) atoms. The summed E-state index contributed by atoms with van der Waals surface area (Å²) in [6, 6.07) is 4.92. The third-order valence-electron chi connectivity index (χ3n) is 2.28. The summed E-state index contributed by atoms with van der Waals surface area (Å²) in [5.41, 5.74) is 5.98. The molecule has 0 aromatic heterocycles. The molecule has 0 aliphatic carbocycles. The molecule has 0 bridgehead atoms. The highest BCUT2D eigenvalue weighted by Crippen LogP contribution is 2.20. The van der Waals surface area contributed by atoms with Crippen LogP contribution in [-0.4, -0.2) is 36.7 Å². The number of anilines is 1. The van der Waals surface area contributed by atoms with Gasteiger partial charge in [0.15, 0.2) is 6.10 Å². The minimum absolute atomic E-state index is 0.0355. The van der Waals surface area contributed by atoms with Gasteiger partial charge in [-0.05, 0) is 18.2 Å². The van der Waals surface area contributed by atoms with Crippen molar-refractivity contribution in [2.24, 2.45) is 5.73 Å². The van der Waals surface area contributed by atoms with Crippen molar-refractivity contribution in [3.05, 3.63) is 28.2 Å². The van der Waals surface area contributed by atoms with Gasteiger partial charge >= 0.3 is 5.97 Å². The standard InChI is InChI=1S/C11H13BrN2O4/c1-18-9(11(16)17)5-14-8-3-2-6(12)4-7(8)10(13)15/h2-4,9,14H,5H2,1H3,(H2,13,15)(H,16,17). The Hall–Kier alpha value is -1.60. The Kier molecular flexibility index (Phi) is 5.11. The molecule has 7 heteroatoms. The second kappa shape index (κ2) is 6.36. The molecule has 98 valence electrons. The molecule has 1 amide bonds. The van der Waals surface area contributed by atoms with Gasteiger partial charge in [-0.25, -0.2) is 4.79 Å². The van der Waals surface area contributed by atoms with Crippen LogP contribution in [0.5, 0.6) is 0 Å². The molecule has 1 unspecified atom stereocenters. The number of halogens is 1. The molecule has 6 nitrogen and oxygen atoms in total. The van der Waals surface area contributed by atoms with E-state index in [0.29, 0.717) is 10.2 Å². The number of carbonyl (C=O) groups excluding carboxylic acids is 1. The minimum Gasteiger partial charge on any atom is -0.479 e. The van der Waals surface area contributed by atoms with E-state index < -0.39 is 18.0 Å². The van der Waals surface area contributed by atoms with Crippen molar-refractivity contribution in [2.45, 2.75) is 6.10 Å². The van der Waals surface area contributed by atoms with Crippen molar-refractivity contribution < 1.29 is 19.4 Å². The van der Waals surface area contributed by atoms with Crippen molar-refractivity contribution >= 4 is 33.5 Å². The first-order chi connectivity index (χ1) is 8.45. The Morgan fingerprint density at radius 1 is 1.56 bits per heavy atom. The number of hydrogen-bond donors (Lipinski definition) is 3. The number of carboxylic acids is 1. The quantitative estimate of drug-likeness (QED) is 0.728. The Bertz CT molecular complexity index is 464. The topological polar surface area (TPSA) is 102 Å². The van der Waals surface area contributed by atoms with E-state index in [0.717, 1.165) is 0 Å². The number of amides is 1. The predicted octanol–water partition coefficient (Wildman–Crippen LogP) is 1.06. The van der Waals surface area contributed by atoms with Gasteiger partial charge in [0.25, 0.3) is 5.91 Å². The lowest BCUT2D eigenvalue weighted by molar-refractivity contribution is -0.147. The zero-order valence-corrected chi connectivity index (χ0v) is 11.2. The molecule has 0 fully saturated rings. The number of nitrogens with one attached hydrogen (secondary N) is 1. The summed E-state index contributed by atoms with van der Waals surface area (Å²) < 4.78 is 5.48. The molecule has 0 heterocycles. The van der Waals surface area contributed by atoms with Crippen LogP contribution in [0.3, 0.4) is 0 Å². The SMILES string of the molecule is COC(CNc1ccc(Br)cc1C(N)=O)C(=O)O. The van der Waals surface area contributed by atoms with Gasteiger partial charge in [-0.2, -0.15) is 0 Å². The number of ether oxygens (including phenoxy) is 1. The molecular formula is C11H13BrN2O4. The average molecular weight is 317 g/mol. The van der Waals surface area contributed by atoms with Crippen molar-refractivity contribution in [3.63, 3.8) is 0 Å². The van der Waals surface area contributed by atoms with Crippen LogP contribution in [0.25, 0.3) is 0 Å². The summed E-state index contributed by atoms with van der Waals surface area (Å²) in [6.07, 6.45) is -0.991. The lowest BCUT2D eigenvalue weighted by atomic mass is 10.1. The summed E-state index contributed by atoms with van der Waals surface area (Å²) in [7, 11) is 1.30. The van der Waals surface area contributed by atoms with Crippen LogP contribution in [-0.2, 0) is 9.53 Å². The second-order valence-corrected chi connectivity index (χ2v) is 4.41. The van der Waals surface area contributed by atoms with Gasteiger partial charge in [0.05, 0.1) is 12.1 Å². The number of carbonyl (C=O) groups is 2. The molecule has 1 atom stereocenters. The summed E-state index contributed by atoms with van der Waals surface area (Å²) in [4.78, 5) is 22.0. The first-order valence-corrected chi connectivity index (χ1v) is 5.83. The van der Waals surface area contributed by atoms with Gasteiger partial charge in [0.2, 0.25) is 0 Å². The molecule has 0 aliphatic rings. The highest BCUT2D eigenvalue weighted by atomic mass is 79.9. The van der Waals surface area contributed by atoms with Crippen LogP contribution < -0.4 is 11.1 Å². The van der Waals surface area contributed by atoms with Crippen LogP contribution in [0.15, 0.2) is 22.7 Å². The zero-order valence-electron chi connectivity index (χ0n) is 9.64. The normalized spacial score (nSPS) is 11.9. The third-order valence-corrected chi connectivity index (χ3v) is 2.78. The summed E-state index contributed by atoms with van der Waals surface area (Å²) >= 11 is 3.23. The van der Waals surface area contributed by atoms with Crippen molar-refractivity contribution in [1.82, 2.24) is 0 Å². The van der Waals surface area contributed by atoms with E-state index in [4.69, 9.17) is 15.6 Å².